The van der Waals surface area contributed by atoms with Crippen molar-refractivity contribution in [2.24, 2.45) is 0 Å². The summed E-state index contributed by atoms with van der Waals surface area (Å²) in [5.41, 5.74) is 7.69. The molecule has 15 heavy (non-hydrogen) atoms. The Hall–Kier alpha value is -0.890. The number of para-hydroxylation sites is 1. The number of benzene rings is 1. The van der Waals surface area contributed by atoms with E-state index in [0.717, 1.165) is 29.5 Å². The Labute approximate surface area is 97.0 Å². The summed E-state index contributed by atoms with van der Waals surface area (Å²) >= 11 is 6.16. The third-order valence-electron chi connectivity index (χ3n) is 2.50. The van der Waals surface area contributed by atoms with Crippen LogP contribution in [0.15, 0.2) is 18.2 Å². The number of rotatable bonds is 5. The zero-order valence-corrected chi connectivity index (χ0v) is 10.2. The average molecular weight is 227 g/mol. The highest BCUT2D eigenvalue weighted by molar-refractivity contribution is 6.34. The summed E-state index contributed by atoms with van der Waals surface area (Å²) < 4.78 is 0. The number of hydrogen-bond acceptors (Lipinski definition) is 2. The van der Waals surface area contributed by atoms with Gasteiger partial charge in [-0.05, 0) is 25.5 Å². The number of nitrogen functional groups attached to an aromatic ring is 1. The van der Waals surface area contributed by atoms with Crippen LogP contribution in [0.25, 0.3) is 0 Å². The van der Waals surface area contributed by atoms with E-state index in [1.165, 1.54) is 12.8 Å². The third-order valence-corrected chi connectivity index (χ3v) is 2.80. The Morgan fingerprint density at radius 1 is 1.33 bits per heavy atom. The highest BCUT2D eigenvalue weighted by Crippen LogP contribution is 2.31. The first-order valence-electron chi connectivity index (χ1n) is 5.49. The molecular weight excluding hydrogens is 208 g/mol. The van der Waals surface area contributed by atoms with Crippen molar-refractivity contribution in [2.45, 2.75) is 26.7 Å². The average Bonchev–Trinajstić information content (AvgIpc) is 2.22. The van der Waals surface area contributed by atoms with Gasteiger partial charge in [0.1, 0.15) is 0 Å². The standard InChI is InChI=1S/C12H19ClN2/c1-3-5-9-15(4-2)12-10(13)7-6-8-11(12)14/h6-8H,3-5,9,14H2,1-2H3. The molecule has 2 N–H and O–H groups in total. The van der Waals surface area contributed by atoms with E-state index in [9.17, 15) is 0 Å². The van der Waals surface area contributed by atoms with E-state index in [2.05, 4.69) is 18.7 Å². The largest absolute Gasteiger partial charge is 0.397 e. The second-order valence-corrected chi connectivity index (χ2v) is 4.02. The van der Waals surface area contributed by atoms with Gasteiger partial charge < -0.3 is 10.6 Å². The van der Waals surface area contributed by atoms with Crippen LogP contribution in [0.2, 0.25) is 5.02 Å². The number of anilines is 2. The van der Waals surface area contributed by atoms with Gasteiger partial charge in [-0.25, -0.2) is 0 Å². The first-order valence-corrected chi connectivity index (χ1v) is 5.87. The van der Waals surface area contributed by atoms with Crippen molar-refractivity contribution in [3.05, 3.63) is 23.2 Å². The quantitative estimate of drug-likeness (QED) is 0.779. The molecule has 84 valence electrons. The van der Waals surface area contributed by atoms with Crippen molar-refractivity contribution in [1.82, 2.24) is 0 Å². The Morgan fingerprint density at radius 3 is 2.60 bits per heavy atom. The molecule has 0 spiro atoms. The molecule has 0 aliphatic carbocycles. The van der Waals surface area contributed by atoms with Crippen LogP contribution in [0, 0.1) is 0 Å². The second kappa shape index (κ2) is 5.86. The molecule has 0 amide bonds. The van der Waals surface area contributed by atoms with Crippen molar-refractivity contribution in [3.63, 3.8) is 0 Å². The third kappa shape index (κ3) is 3.03. The van der Waals surface area contributed by atoms with Gasteiger partial charge in [0.05, 0.1) is 16.4 Å². The van der Waals surface area contributed by atoms with Crippen molar-refractivity contribution in [1.29, 1.82) is 0 Å². The predicted octanol–water partition coefficient (Wildman–Crippen LogP) is 3.55. The maximum absolute atomic E-state index is 6.16. The highest BCUT2D eigenvalue weighted by atomic mass is 35.5. The molecule has 0 aromatic heterocycles. The van der Waals surface area contributed by atoms with Crippen LogP contribution in [-0.4, -0.2) is 13.1 Å². The molecular formula is C12H19ClN2. The van der Waals surface area contributed by atoms with Crippen LogP contribution in [0.3, 0.4) is 0 Å². The van der Waals surface area contributed by atoms with Crippen molar-refractivity contribution in [3.8, 4) is 0 Å². The lowest BCUT2D eigenvalue weighted by molar-refractivity contribution is 0.733. The van der Waals surface area contributed by atoms with Crippen molar-refractivity contribution >= 4 is 23.0 Å². The first kappa shape index (κ1) is 12.2. The van der Waals surface area contributed by atoms with Crippen LogP contribution in [0.4, 0.5) is 11.4 Å². The molecule has 0 atom stereocenters. The van der Waals surface area contributed by atoms with E-state index in [1.807, 2.05) is 18.2 Å². The SMILES string of the molecule is CCCCN(CC)c1c(N)cccc1Cl. The summed E-state index contributed by atoms with van der Waals surface area (Å²) in [7, 11) is 0. The van der Waals surface area contributed by atoms with Crippen LogP contribution < -0.4 is 10.6 Å². The minimum Gasteiger partial charge on any atom is -0.397 e. The minimum atomic E-state index is 0.743. The monoisotopic (exact) mass is 226 g/mol. The second-order valence-electron chi connectivity index (χ2n) is 3.61. The molecule has 0 saturated carbocycles. The van der Waals surface area contributed by atoms with Gasteiger partial charge in [-0.15, -0.1) is 0 Å². The van der Waals surface area contributed by atoms with Gasteiger partial charge in [-0.2, -0.15) is 0 Å². The number of hydrogen-bond donors (Lipinski definition) is 1. The molecule has 0 radical (unpaired) electrons. The van der Waals surface area contributed by atoms with Gasteiger partial charge in [0.25, 0.3) is 0 Å². The van der Waals surface area contributed by atoms with E-state index < -0.39 is 0 Å². The van der Waals surface area contributed by atoms with E-state index in [0.29, 0.717) is 0 Å². The molecule has 2 nitrogen and oxygen atoms in total. The maximum Gasteiger partial charge on any atom is 0.0789 e. The molecule has 0 fully saturated rings. The van der Waals surface area contributed by atoms with Gasteiger partial charge in [-0.3, -0.25) is 0 Å². The zero-order valence-electron chi connectivity index (χ0n) is 9.46. The first-order chi connectivity index (χ1) is 7.20. The summed E-state index contributed by atoms with van der Waals surface area (Å²) in [6.45, 7) is 6.26. The number of unbranched alkanes of at least 4 members (excludes halogenated alkanes) is 1. The Bertz CT molecular complexity index is 292. The molecule has 0 unspecified atom stereocenters. The summed E-state index contributed by atoms with van der Waals surface area (Å²) in [5, 5.41) is 0.743. The predicted molar refractivity (Wildman–Crippen MR) is 68.7 cm³/mol. The molecule has 1 rings (SSSR count). The van der Waals surface area contributed by atoms with Gasteiger partial charge in [0.15, 0.2) is 0 Å². The van der Waals surface area contributed by atoms with E-state index >= 15 is 0 Å². The summed E-state index contributed by atoms with van der Waals surface area (Å²) in [6, 6.07) is 5.67. The summed E-state index contributed by atoms with van der Waals surface area (Å²) in [6.07, 6.45) is 2.35. The Kier molecular flexibility index (Phi) is 4.76. The van der Waals surface area contributed by atoms with E-state index in [1.54, 1.807) is 0 Å². The topological polar surface area (TPSA) is 29.3 Å². The van der Waals surface area contributed by atoms with Crippen LogP contribution >= 0.6 is 11.6 Å². The number of nitrogens with two attached hydrogens (primary N) is 1. The van der Waals surface area contributed by atoms with Gasteiger partial charge in [0, 0.05) is 13.1 Å². The molecule has 0 aliphatic rings. The van der Waals surface area contributed by atoms with Crippen LogP contribution in [0.5, 0.6) is 0 Å². The minimum absolute atomic E-state index is 0.743. The number of nitrogens with zero attached hydrogens (tertiary/aromatic N) is 1. The van der Waals surface area contributed by atoms with E-state index in [-0.39, 0.29) is 0 Å². The lowest BCUT2D eigenvalue weighted by Crippen LogP contribution is -2.25. The molecule has 1 aromatic carbocycles. The Morgan fingerprint density at radius 2 is 2.07 bits per heavy atom. The Balaban J connectivity index is 2.90. The normalized spacial score (nSPS) is 10.3. The molecule has 0 aliphatic heterocycles. The maximum atomic E-state index is 6.16. The summed E-state index contributed by atoms with van der Waals surface area (Å²) in [4.78, 5) is 2.24. The fraction of sp³-hybridized carbons (Fsp3) is 0.500. The molecule has 0 heterocycles. The highest BCUT2D eigenvalue weighted by Gasteiger charge is 2.10. The van der Waals surface area contributed by atoms with Crippen LogP contribution in [-0.2, 0) is 0 Å². The molecule has 0 saturated heterocycles. The van der Waals surface area contributed by atoms with Crippen LogP contribution in [0.1, 0.15) is 26.7 Å². The fourth-order valence-corrected chi connectivity index (χ4v) is 1.94. The van der Waals surface area contributed by atoms with Crippen molar-refractivity contribution in [2.75, 3.05) is 23.7 Å². The molecule has 3 heteroatoms. The lowest BCUT2D eigenvalue weighted by Gasteiger charge is -2.25. The van der Waals surface area contributed by atoms with Crippen molar-refractivity contribution < 1.29 is 0 Å². The van der Waals surface area contributed by atoms with Gasteiger partial charge in [0.2, 0.25) is 0 Å². The number of halogens is 1. The molecule has 1 aromatic rings. The zero-order chi connectivity index (χ0) is 11.3. The smallest absolute Gasteiger partial charge is 0.0789 e. The fourth-order valence-electron chi connectivity index (χ4n) is 1.64. The van der Waals surface area contributed by atoms with E-state index in [4.69, 9.17) is 17.3 Å². The lowest BCUT2D eigenvalue weighted by atomic mass is 10.2. The van der Waals surface area contributed by atoms with Gasteiger partial charge in [-0.1, -0.05) is 31.0 Å². The summed E-state index contributed by atoms with van der Waals surface area (Å²) in [5.74, 6) is 0. The molecule has 0 bridgehead atoms. The van der Waals surface area contributed by atoms with Gasteiger partial charge >= 0.3 is 0 Å².